The second-order valence-corrected chi connectivity index (χ2v) is 8.14. The zero-order valence-corrected chi connectivity index (χ0v) is 16.6. The summed E-state index contributed by atoms with van der Waals surface area (Å²) in [6.07, 6.45) is 8.61. The largest absolute Gasteiger partial charge is 0.356 e. The number of hydrogen-bond donors (Lipinski definition) is 0. The highest BCUT2D eigenvalue weighted by Gasteiger charge is 2.22. The van der Waals surface area contributed by atoms with Crippen LogP contribution in [-0.2, 0) is 6.54 Å². The number of fused-ring (bicyclic) bond motifs is 1. The summed E-state index contributed by atoms with van der Waals surface area (Å²) in [5, 5.41) is 1.26. The molecule has 3 heterocycles. The van der Waals surface area contributed by atoms with Crippen LogP contribution < -0.4 is 4.90 Å². The van der Waals surface area contributed by atoms with Crippen molar-refractivity contribution in [3.8, 4) is 0 Å². The average molecular weight is 367 g/mol. The Hall–Kier alpha value is -2.01. The molecule has 5 heteroatoms. The predicted molar refractivity (Wildman–Crippen MR) is 110 cm³/mol. The van der Waals surface area contributed by atoms with Gasteiger partial charge in [0, 0.05) is 42.3 Å². The highest BCUT2D eigenvalue weighted by molar-refractivity contribution is 7.98. The van der Waals surface area contributed by atoms with Crippen molar-refractivity contribution in [1.29, 1.82) is 0 Å². The summed E-state index contributed by atoms with van der Waals surface area (Å²) in [4.78, 5) is 13.1. The number of piperidine rings is 1. The topological polar surface area (TPSA) is 34.0 Å². The molecule has 1 saturated heterocycles. The van der Waals surface area contributed by atoms with Gasteiger partial charge >= 0.3 is 0 Å². The third-order valence-corrected chi connectivity index (χ3v) is 6.16. The minimum atomic E-state index is 0.645. The van der Waals surface area contributed by atoms with E-state index in [1.807, 2.05) is 6.20 Å². The van der Waals surface area contributed by atoms with E-state index in [1.54, 1.807) is 11.8 Å². The van der Waals surface area contributed by atoms with Gasteiger partial charge in [-0.25, -0.2) is 9.97 Å². The van der Waals surface area contributed by atoms with E-state index in [0.29, 0.717) is 5.92 Å². The summed E-state index contributed by atoms with van der Waals surface area (Å²) in [6.45, 7) is 7.49. The fourth-order valence-corrected chi connectivity index (χ4v) is 4.38. The van der Waals surface area contributed by atoms with Crippen molar-refractivity contribution in [2.75, 3.05) is 24.2 Å². The molecule has 0 radical (unpaired) electrons. The zero-order valence-electron chi connectivity index (χ0n) is 15.8. The maximum atomic E-state index is 5.01. The Balaban J connectivity index is 1.59. The fourth-order valence-electron chi connectivity index (χ4n) is 3.95. The lowest BCUT2D eigenvalue weighted by molar-refractivity contribution is 0.362. The molecule has 1 aliphatic heterocycles. The van der Waals surface area contributed by atoms with Gasteiger partial charge in [0.05, 0.1) is 5.52 Å². The molecule has 26 heavy (non-hydrogen) atoms. The first kappa shape index (κ1) is 17.4. The van der Waals surface area contributed by atoms with Gasteiger partial charge in [-0.05, 0) is 62.6 Å². The molecular formula is C21H26N4S. The summed E-state index contributed by atoms with van der Waals surface area (Å²) < 4.78 is 2.28. The Morgan fingerprint density at radius 3 is 2.88 bits per heavy atom. The minimum absolute atomic E-state index is 0.645. The van der Waals surface area contributed by atoms with Crippen molar-refractivity contribution >= 4 is 28.5 Å². The zero-order chi connectivity index (χ0) is 18.1. The van der Waals surface area contributed by atoms with Crippen molar-refractivity contribution < 1.29 is 0 Å². The van der Waals surface area contributed by atoms with Crippen LogP contribution in [0.4, 0.5) is 5.82 Å². The minimum Gasteiger partial charge on any atom is -0.356 e. The van der Waals surface area contributed by atoms with Gasteiger partial charge < -0.3 is 9.47 Å². The molecule has 4 rings (SSSR count). The van der Waals surface area contributed by atoms with Gasteiger partial charge in [0.1, 0.15) is 11.6 Å². The number of benzene rings is 1. The molecule has 136 valence electrons. The molecule has 0 saturated carbocycles. The number of imidazole rings is 1. The van der Waals surface area contributed by atoms with E-state index >= 15 is 0 Å². The first-order valence-corrected chi connectivity index (χ1v) is 10.5. The van der Waals surface area contributed by atoms with Crippen LogP contribution in [0.25, 0.3) is 10.9 Å². The van der Waals surface area contributed by atoms with Crippen LogP contribution in [0.1, 0.15) is 24.2 Å². The molecule has 2 aromatic heterocycles. The smallest absolute Gasteiger partial charge is 0.129 e. The van der Waals surface area contributed by atoms with Crippen LogP contribution in [0.5, 0.6) is 0 Å². The summed E-state index contributed by atoms with van der Waals surface area (Å²) in [5.41, 5.74) is 2.42. The maximum absolute atomic E-state index is 5.01. The number of nitrogens with zero attached hydrogens (tertiary/aromatic N) is 4. The van der Waals surface area contributed by atoms with E-state index in [1.165, 1.54) is 28.7 Å². The number of anilines is 1. The van der Waals surface area contributed by atoms with E-state index in [9.17, 15) is 0 Å². The molecule has 1 aromatic carbocycles. The van der Waals surface area contributed by atoms with E-state index in [4.69, 9.17) is 4.98 Å². The second kappa shape index (κ2) is 7.31. The van der Waals surface area contributed by atoms with Crippen molar-refractivity contribution in [1.82, 2.24) is 14.5 Å². The lowest BCUT2D eigenvalue weighted by atomic mass is 9.97. The third-order valence-electron chi connectivity index (χ3n) is 5.43. The number of pyridine rings is 1. The SMILES string of the molecule is CSc1ccc2c(C)cc(N3CCC[C@@H](Cn4ccnc4C)C3)nc2c1. The second-order valence-electron chi connectivity index (χ2n) is 7.26. The van der Waals surface area contributed by atoms with Crippen molar-refractivity contribution in [3.63, 3.8) is 0 Å². The predicted octanol–water partition coefficient (Wildman–Crippen LogP) is 4.69. The Bertz CT molecular complexity index is 918. The van der Waals surface area contributed by atoms with E-state index in [0.717, 1.165) is 36.8 Å². The molecule has 1 aliphatic rings. The first-order valence-electron chi connectivity index (χ1n) is 9.32. The molecule has 1 fully saturated rings. The Kier molecular flexibility index (Phi) is 4.90. The van der Waals surface area contributed by atoms with Gasteiger partial charge in [0.25, 0.3) is 0 Å². The molecule has 4 nitrogen and oxygen atoms in total. The Labute approximate surface area is 159 Å². The number of rotatable bonds is 4. The molecule has 0 aliphatic carbocycles. The summed E-state index contributed by atoms with van der Waals surface area (Å²) in [6, 6.07) is 8.86. The van der Waals surface area contributed by atoms with Gasteiger partial charge in [0.15, 0.2) is 0 Å². The molecule has 1 atom stereocenters. The van der Waals surface area contributed by atoms with Gasteiger partial charge in [-0.1, -0.05) is 6.07 Å². The van der Waals surface area contributed by atoms with Gasteiger partial charge in [-0.3, -0.25) is 0 Å². The molecule has 0 N–H and O–H groups in total. The Morgan fingerprint density at radius 2 is 2.12 bits per heavy atom. The van der Waals surface area contributed by atoms with Crippen molar-refractivity contribution in [2.45, 2.75) is 38.1 Å². The number of aryl methyl sites for hydroxylation is 2. The third kappa shape index (κ3) is 3.45. The lowest BCUT2D eigenvalue weighted by Gasteiger charge is -2.34. The van der Waals surface area contributed by atoms with E-state index in [2.05, 4.69) is 65.0 Å². The summed E-state index contributed by atoms with van der Waals surface area (Å²) in [7, 11) is 0. The molecular weight excluding hydrogens is 340 g/mol. The van der Waals surface area contributed by atoms with Crippen LogP contribution >= 0.6 is 11.8 Å². The van der Waals surface area contributed by atoms with Gasteiger partial charge in [-0.15, -0.1) is 11.8 Å². The van der Waals surface area contributed by atoms with Crippen molar-refractivity contribution in [3.05, 3.63) is 48.0 Å². The molecule has 0 bridgehead atoms. The molecule has 0 unspecified atom stereocenters. The summed E-state index contributed by atoms with van der Waals surface area (Å²) >= 11 is 1.77. The molecule has 0 spiro atoms. The van der Waals surface area contributed by atoms with Crippen LogP contribution in [0.15, 0.2) is 41.6 Å². The monoisotopic (exact) mass is 366 g/mol. The maximum Gasteiger partial charge on any atom is 0.129 e. The summed E-state index contributed by atoms with van der Waals surface area (Å²) in [5.74, 6) is 2.87. The number of aromatic nitrogens is 3. The van der Waals surface area contributed by atoms with Crippen LogP contribution in [0.3, 0.4) is 0 Å². The van der Waals surface area contributed by atoms with Crippen LogP contribution in [0.2, 0.25) is 0 Å². The Morgan fingerprint density at radius 1 is 1.23 bits per heavy atom. The van der Waals surface area contributed by atoms with Gasteiger partial charge in [-0.2, -0.15) is 0 Å². The highest BCUT2D eigenvalue weighted by Crippen LogP contribution is 2.29. The first-order chi connectivity index (χ1) is 12.6. The lowest BCUT2D eigenvalue weighted by Crippen LogP contribution is -2.37. The quantitative estimate of drug-likeness (QED) is 0.628. The number of hydrogen-bond acceptors (Lipinski definition) is 4. The van der Waals surface area contributed by atoms with E-state index < -0.39 is 0 Å². The fraction of sp³-hybridized carbons (Fsp3) is 0.429. The van der Waals surface area contributed by atoms with Crippen LogP contribution in [-0.4, -0.2) is 33.9 Å². The van der Waals surface area contributed by atoms with Crippen LogP contribution in [0, 0.1) is 19.8 Å². The van der Waals surface area contributed by atoms with Gasteiger partial charge in [0.2, 0.25) is 0 Å². The standard InChI is InChI=1S/C21H26N4S/c1-15-11-21(23-20-12-18(26-3)6-7-19(15)20)25-9-4-5-17(14-25)13-24-10-8-22-16(24)2/h6-8,10-12,17H,4-5,9,13-14H2,1-3H3/t17-/m0/s1. The number of thioether (sulfide) groups is 1. The molecule has 3 aromatic rings. The molecule has 0 amide bonds. The normalized spacial score (nSPS) is 17.8. The highest BCUT2D eigenvalue weighted by atomic mass is 32.2. The average Bonchev–Trinajstić information content (AvgIpc) is 3.06. The van der Waals surface area contributed by atoms with E-state index in [-0.39, 0.29) is 0 Å². The van der Waals surface area contributed by atoms with Crippen molar-refractivity contribution in [2.24, 2.45) is 5.92 Å².